The van der Waals surface area contributed by atoms with Gasteiger partial charge in [0.1, 0.15) is 0 Å². The number of nitrogens with zero attached hydrogens (tertiary/aromatic N) is 3. The predicted molar refractivity (Wildman–Crippen MR) is 92.5 cm³/mol. The smallest absolute Gasteiger partial charge is 0.185 e. The summed E-state index contributed by atoms with van der Waals surface area (Å²) in [6, 6.07) is 0. The lowest BCUT2D eigenvalue weighted by atomic mass is 9.97. The Morgan fingerprint density at radius 2 is 2.00 bits per heavy atom. The number of piperidine rings is 1. The molecule has 0 radical (unpaired) electrons. The summed E-state index contributed by atoms with van der Waals surface area (Å²) in [7, 11) is 6.36. The number of aromatic nitrogens is 1. The van der Waals surface area contributed by atoms with E-state index in [0.29, 0.717) is 5.92 Å². The van der Waals surface area contributed by atoms with Gasteiger partial charge in [-0.25, -0.2) is 4.98 Å². The lowest BCUT2D eigenvalue weighted by molar-refractivity contribution is 0.285. The summed E-state index contributed by atoms with van der Waals surface area (Å²) in [6.07, 6.45) is 2.58. The first-order chi connectivity index (χ1) is 10.0. The van der Waals surface area contributed by atoms with Crippen LogP contribution in [0.25, 0.3) is 0 Å². The molecule has 0 aliphatic carbocycles. The molecule has 0 amide bonds. The van der Waals surface area contributed by atoms with Gasteiger partial charge in [0.2, 0.25) is 0 Å². The van der Waals surface area contributed by atoms with Gasteiger partial charge in [0.15, 0.2) is 5.13 Å². The first-order valence-electron chi connectivity index (χ1n) is 8.05. The summed E-state index contributed by atoms with van der Waals surface area (Å²) >= 11 is 1.88. The first kappa shape index (κ1) is 16.7. The van der Waals surface area contributed by atoms with Crippen LogP contribution in [0.4, 0.5) is 5.13 Å². The third-order valence-electron chi connectivity index (χ3n) is 4.11. The highest BCUT2D eigenvalue weighted by Crippen LogP contribution is 2.33. The van der Waals surface area contributed by atoms with Gasteiger partial charge in [-0.05, 0) is 45.8 Å². The summed E-state index contributed by atoms with van der Waals surface area (Å²) in [5, 5.41) is 4.50. The Balaban J connectivity index is 2.01. The van der Waals surface area contributed by atoms with E-state index in [1.165, 1.54) is 35.1 Å². The highest BCUT2D eigenvalue weighted by atomic mass is 32.1. The standard InChI is InChI=1S/C16H30N4S/c1-12(2)15-14(10-17-3)21-16(18-15)20-8-6-13(7-9-20)11-19(4)5/h12-13,17H,6-11H2,1-5H3. The lowest BCUT2D eigenvalue weighted by Crippen LogP contribution is -2.37. The molecule has 1 aromatic rings. The SMILES string of the molecule is CNCc1sc(N2CCC(CN(C)C)CC2)nc1C(C)C. The minimum Gasteiger partial charge on any atom is -0.348 e. The molecule has 0 saturated carbocycles. The van der Waals surface area contributed by atoms with E-state index in [0.717, 1.165) is 25.6 Å². The first-order valence-corrected chi connectivity index (χ1v) is 8.86. The fraction of sp³-hybridized carbons (Fsp3) is 0.812. The van der Waals surface area contributed by atoms with Gasteiger partial charge in [-0.1, -0.05) is 13.8 Å². The molecule has 1 N–H and O–H groups in total. The highest BCUT2D eigenvalue weighted by molar-refractivity contribution is 7.15. The molecule has 4 nitrogen and oxygen atoms in total. The molecule has 2 rings (SSSR count). The van der Waals surface area contributed by atoms with E-state index < -0.39 is 0 Å². The van der Waals surface area contributed by atoms with Crippen LogP contribution in [0.1, 0.15) is 43.2 Å². The van der Waals surface area contributed by atoms with Crippen molar-refractivity contribution < 1.29 is 0 Å². The van der Waals surface area contributed by atoms with Crippen LogP contribution in [-0.4, -0.2) is 50.7 Å². The maximum absolute atomic E-state index is 4.93. The molecule has 1 aliphatic heterocycles. The number of rotatable bonds is 6. The maximum Gasteiger partial charge on any atom is 0.185 e. The zero-order valence-electron chi connectivity index (χ0n) is 14.1. The van der Waals surface area contributed by atoms with Crippen LogP contribution in [0.3, 0.4) is 0 Å². The molecular weight excluding hydrogens is 280 g/mol. The Bertz CT molecular complexity index is 433. The molecule has 120 valence electrons. The fourth-order valence-corrected chi connectivity index (χ4v) is 4.33. The Morgan fingerprint density at radius 3 is 2.52 bits per heavy atom. The highest BCUT2D eigenvalue weighted by Gasteiger charge is 2.23. The minimum atomic E-state index is 0.504. The van der Waals surface area contributed by atoms with Gasteiger partial charge in [-0.2, -0.15) is 0 Å². The molecule has 0 atom stereocenters. The molecule has 0 spiro atoms. The monoisotopic (exact) mass is 310 g/mol. The van der Waals surface area contributed by atoms with Gasteiger partial charge in [-0.3, -0.25) is 0 Å². The quantitative estimate of drug-likeness (QED) is 0.875. The predicted octanol–water partition coefficient (Wildman–Crippen LogP) is 2.76. The lowest BCUT2D eigenvalue weighted by Gasteiger charge is -2.33. The van der Waals surface area contributed by atoms with Crippen LogP contribution in [-0.2, 0) is 6.54 Å². The van der Waals surface area contributed by atoms with Crippen molar-refractivity contribution in [3.63, 3.8) is 0 Å². The van der Waals surface area contributed by atoms with Crippen molar-refractivity contribution in [2.24, 2.45) is 5.92 Å². The van der Waals surface area contributed by atoms with Crippen LogP contribution in [0.5, 0.6) is 0 Å². The van der Waals surface area contributed by atoms with E-state index in [-0.39, 0.29) is 0 Å². The van der Waals surface area contributed by atoms with Crippen molar-refractivity contribution in [1.29, 1.82) is 0 Å². The van der Waals surface area contributed by atoms with Crippen molar-refractivity contribution in [1.82, 2.24) is 15.2 Å². The second kappa shape index (κ2) is 7.56. The average molecular weight is 311 g/mol. The van der Waals surface area contributed by atoms with Crippen molar-refractivity contribution in [3.8, 4) is 0 Å². The summed E-state index contributed by atoms with van der Waals surface area (Å²) < 4.78 is 0. The van der Waals surface area contributed by atoms with Crippen LogP contribution < -0.4 is 10.2 Å². The Labute approximate surface area is 133 Å². The molecule has 21 heavy (non-hydrogen) atoms. The van der Waals surface area contributed by atoms with Crippen LogP contribution >= 0.6 is 11.3 Å². The molecule has 1 aromatic heterocycles. The molecule has 0 bridgehead atoms. The summed E-state index contributed by atoms with van der Waals surface area (Å²) in [6.45, 7) is 8.93. The maximum atomic E-state index is 4.93. The Kier molecular flexibility index (Phi) is 6.02. The summed E-state index contributed by atoms with van der Waals surface area (Å²) in [4.78, 5) is 11.1. The molecule has 2 heterocycles. The fourth-order valence-electron chi connectivity index (χ4n) is 3.05. The zero-order valence-corrected chi connectivity index (χ0v) is 15.0. The third kappa shape index (κ3) is 4.41. The largest absolute Gasteiger partial charge is 0.348 e. The van der Waals surface area contributed by atoms with Gasteiger partial charge in [-0.15, -0.1) is 11.3 Å². The molecule has 1 fully saturated rings. The van der Waals surface area contributed by atoms with Crippen molar-refractivity contribution in [2.75, 3.05) is 45.7 Å². The molecule has 0 aromatic carbocycles. The third-order valence-corrected chi connectivity index (χ3v) is 5.24. The summed E-state index contributed by atoms with van der Waals surface area (Å²) in [5.74, 6) is 1.35. The molecule has 1 aliphatic rings. The molecule has 1 saturated heterocycles. The van der Waals surface area contributed by atoms with Crippen LogP contribution in [0.2, 0.25) is 0 Å². The van der Waals surface area contributed by atoms with Crippen LogP contribution in [0, 0.1) is 5.92 Å². The zero-order chi connectivity index (χ0) is 15.4. The van der Waals surface area contributed by atoms with Gasteiger partial charge in [0, 0.05) is 31.1 Å². The Morgan fingerprint density at radius 1 is 1.33 bits per heavy atom. The van der Waals surface area contributed by atoms with Gasteiger partial charge >= 0.3 is 0 Å². The van der Waals surface area contributed by atoms with Crippen LogP contribution in [0.15, 0.2) is 0 Å². The van der Waals surface area contributed by atoms with Crippen molar-refractivity contribution >= 4 is 16.5 Å². The van der Waals surface area contributed by atoms with Gasteiger partial charge in [0.05, 0.1) is 5.69 Å². The molecule has 0 unspecified atom stereocenters. The van der Waals surface area contributed by atoms with E-state index in [4.69, 9.17) is 4.98 Å². The number of thiazole rings is 1. The van der Waals surface area contributed by atoms with E-state index in [9.17, 15) is 0 Å². The van der Waals surface area contributed by atoms with E-state index in [1.807, 2.05) is 18.4 Å². The van der Waals surface area contributed by atoms with E-state index in [2.05, 4.69) is 43.1 Å². The topological polar surface area (TPSA) is 31.4 Å². The average Bonchev–Trinajstić information content (AvgIpc) is 2.83. The van der Waals surface area contributed by atoms with E-state index in [1.54, 1.807) is 0 Å². The van der Waals surface area contributed by atoms with E-state index >= 15 is 0 Å². The van der Waals surface area contributed by atoms with Crippen molar-refractivity contribution in [3.05, 3.63) is 10.6 Å². The minimum absolute atomic E-state index is 0.504. The normalized spacial score (nSPS) is 17.2. The van der Waals surface area contributed by atoms with Gasteiger partial charge < -0.3 is 15.1 Å². The second-order valence-corrected chi connectivity index (χ2v) is 7.74. The number of hydrogen-bond acceptors (Lipinski definition) is 5. The second-order valence-electron chi connectivity index (χ2n) is 6.68. The molecular formula is C16H30N4S. The number of nitrogens with one attached hydrogen (secondary N) is 1. The number of anilines is 1. The van der Waals surface area contributed by atoms with Gasteiger partial charge in [0.25, 0.3) is 0 Å². The van der Waals surface area contributed by atoms with Crippen molar-refractivity contribution in [2.45, 2.75) is 39.2 Å². The summed E-state index contributed by atoms with van der Waals surface area (Å²) in [5.41, 5.74) is 1.28. The Hall–Kier alpha value is -0.650. The number of hydrogen-bond donors (Lipinski definition) is 1. The molecule has 5 heteroatoms.